The molecule has 0 aliphatic carbocycles. The fourth-order valence-electron chi connectivity index (χ4n) is 4.34. The van der Waals surface area contributed by atoms with Crippen molar-refractivity contribution in [2.24, 2.45) is 0 Å². The lowest BCUT2D eigenvalue weighted by Gasteiger charge is -2.33. The number of likely N-dealkylation sites (tertiary alicyclic amines) is 1. The molecule has 4 rings (SSSR count). The van der Waals surface area contributed by atoms with Crippen LogP contribution in [-0.4, -0.2) is 74.1 Å². The van der Waals surface area contributed by atoms with Crippen LogP contribution in [0.2, 0.25) is 0 Å². The highest BCUT2D eigenvalue weighted by Gasteiger charge is 2.25. The number of sulfone groups is 1. The average molecular weight is 419 g/mol. The van der Waals surface area contributed by atoms with E-state index in [-0.39, 0.29) is 0 Å². The zero-order valence-electron chi connectivity index (χ0n) is 17.0. The molecule has 1 atom stereocenters. The van der Waals surface area contributed by atoms with Gasteiger partial charge >= 0.3 is 0 Å². The van der Waals surface area contributed by atoms with Crippen molar-refractivity contribution >= 4 is 9.84 Å². The van der Waals surface area contributed by atoms with Crippen molar-refractivity contribution in [1.82, 2.24) is 20.0 Å². The van der Waals surface area contributed by atoms with Gasteiger partial charge in [-0.25, -0.2) is 8.42 Å². The molecule has 158 valence electrons. The molecule has 0 saturated carbocycles. The fraction of sp³-hybridized carbons (Fsp3) is 0.571. The van der Waals surface area contributed by atoms with Crippen LogP contribution in [0.1, 0.15) is 35.6 Å². The van der Waals surface area contributed by atoms with E-state index in [2.05, 4.69) is 20.0 Å². The number of aromatic amines is 1. The Morgan fingerprint density at radius 2 is 1.86 bits per heavy atom. The highest BCUT2D eigenvalue weighted by atomic mass is 32.2. The number of benzene rings is 1. The quantitative estimate of drug-likeness (QED) is 0.773. The Morgan fingerprint density at radius 3 is 2.59 bits per heavy atom. The first-order valence-electron chi connectivity index (χ1n) is 10.3. The van der Waals surface area contributed by atoms with E-state index in [1.165, 1.54) is 23.9 Å². The number of rotatable bonds is 6. The van der Waals surface area contributed by atoms with Crippen LogP contribution >= 0.6 is 0 Å². The Kier molecular flexibility index (Phi) is 6.34. The number of morpholine rings is 1. The number of hydrogen-bond acceptors (Lipinski definition) is 6. The van der Waals surface area contributed by atoms with Crippen molar-refractivity contribution in [2.75, 3.05) is 45.6 Å². The molecule has 1 aromatic heterocycles. The summed E-state index contributed by atoms with van der Waals surface area (Å²) in [7, 11) is -3.14. The van der Waals surface area contributed by atoms with Crippen molar-refractivity contribution in [3.63, 3.8) is 0 Å². The second-order valence-electron chi connectivity index (χ2n) is 8.19. The largest absolute Gasteiger partial charge is 0.379 e. The standard InChI is InChI=1S/C21H30N4O3S/c1-29(26,27)20-6-4-17(5-7-20)14-25-8-2-3-18(15-25)21-19(13-22-23-21)16-24-9-11-28-12-10-24/h4-7,13,18H,2-3,8-12,14-16H2,1H3,(H,22,23). The first kappa shape index (κ1) is 20.5. The van der Waals surface area contributed by atoms with Gasteiger partial charge in [-0.2, -0.15) is 5.10 Å². The molecule has 3 heterocycles. The summed E-state index contributed by atoms with van der Waals surface area (Å²) in [6.07, 6.45) is 5.55. The third kappa shape index (κ3) is 5.25. The normalized spacial score (nSPS) is 22.0. The van der Waals surface area contributed by atoms with Crippen molar-refractivity contribution in [2.45, 2.75) is 36.7 Å². The van der Waals surface area contributed by atoms with Crippen LogP contribution in [-0.2, 0) is 27.7 Å². The maximum Gasteiger partial charge on any atom is 0.175 e. The van der Waals surface area contributed by atoms with Crippen molar-refractivity contribution in [3.8, 4) is 0 Å². The fourth-order valence-corrected chi connectivity index (χ4v) is 4.97. The highest BCUT2D eigenvalue weighted by molar-refractivity contribution is 7.90. The van der Waals surface area contributed by atoms with Crippen LogP contribution in [0.25, 0.3) is 0 Å². The summed E-state index contributed by atoms with van der Waals surface area (Å²) < 4.78 is 28.8. The minimum atomic E-state index is -3.14. The summed E-state index contributed by atoms with van der Waals surface area (Å²) in [4.78, 5) is 5.27. The lowest BCUT2D eigenvalue weighted by molar-refractivity contribution is 0.0339. The maximum absolute atomic E-state index is 11.7. The second kappa shape index (κ2) is 8.95. The van der Waals surface area contributed by atoms with E-state index >= 15 is 0 Å². The zero-order chi connectivity index (χ0) is 20.3. The molecule has 8 heteroatoms. The van der Waals surface area contributed by atoms with E-state index in [1.54, 1.807) is 12.1 Å². The van der Waals surface area contributed by atoms with Gasteiger partial charge in [-0.1, -0.05) is 12.1 Å². The molecule has 2 aromatic rings. The number of ether oxygens (including phenoxy) is 1. The van der Waals surface area contributed by atoms with Gasteiger partial charge in [0.25, 0.3) is 0 Å². The molecule has 0 amide bonds. The van der Waals surface area contributed by atoms with Gasteiger partial charge in [0.05, 0.1) is 24.3 Å². The van der Waals surface area contributed by atoms with Crippen LogP contribution in [0.4, 0.5) is 0 Å². The molecule has 7 nitrogen and oxygen atoms in total. The Bertz CT molecular complexity index is 904. The summed E-state index contributed by atoms with van der Waals surface area (Å²) in [5.74, 6) is 0.456. The SMILES string of the molecule is CS(=O)(=O)c1ccc(CN2CCCC(c3[nH]ncc3CN3CCOCC3)C2)cc1. The molecule has 2 aliphatic rings. The van der Waals surface area contributed by atoms with Crippen molar-refractivity contribution < 1.29 is 13.2 Å². The van der Waals surface area contributed by atoms with Gasteiger partial charge in [0.1, 0.15) is 0 Å². The monoisotopic (exact) mass is 418 g/mol. The first-order valence-corrected chi connectivity index (χ1v) is 12.2. The summed E-state index contributed by atoms with van der Waals surface area (Å²) >= 11 is 0. The molecule has 2 fully saturated rings. The van der Waals surface area contributed by atoms with Gasteiger partial charge < -0.3 is 4.74 Å². The number of nitrogens with one attached hydrogen (secondary N) is 1. The van der Waals surface area contributed by atoms with Gasteiger partial charge in [-0.05, 0) is 37.1 Å². The molecule has 0 spiro atoms. The van der Waals surface area contributed by atoms with Crippen LogP contribution < -0.4 is 0 Å². The number of nitrogens with zero attached hydrogens (tertiary/aromatic N) is 3. The number of piperidine rings is 1. The summed E-state index contributed by atoms with van der Waals surface area (Å²) in [6.45, 7) is 7.40. The maximum atomic E-state index is 11.7. The van der Waals surface area contributed by atoms with Crippen LogP contribution in [0.15, 0.2) is 35.4 Å². The van der Waals surface area contributed by atoms with Crippen molar-refractivity contribution in [3.05, 3.63) is 47.3 Å². The molecular formula is C21H30N4O3S. The number of hydrogen-bond donors (Lipinski definition) is 1. The highest BCUT2D eigenvalue weighted by Crippen LogP contribution is 2.29. The molecule has 1 N–H and O–H groups in total. The van der Waals surface area contributed by atoms with E-state index in [9.17, 15) is 8.42 Å². The van der Waals surface area contributed by atoms with E-state index in [1.807, 2.05) is 18.3 Å². The minimum absolute atomic E-state index is 0.378. The zero-order valence-corrected chi connectivity index (χ0v) is 17.8. The van der Waals surface area contributed by atoms with E-state index in [0.29, 0.717) is 10.8 Å². The predicted molar refractivity (Wildman–Crippen MR) is 111 cm³/mol. The minimum Gasteiger partial charge on any atom is -0.379 e. The molecule has 2 saturated heterocycles. The van der Waals surface area contributed by atoms with Gasteiger partial charge in [0.2, 0.25) is 0 Å². The van der Waals surface area contributed by atoms with Crippen LogP contribution in [0.5, 0.6) is 0 Å². The van der Waals surface area contributed by atoms with Gasteiger partial charge in [-0.15, -0.1) is 0 Å². The Balaban J connectivity index is 1.39. The molecule has 1 aromatic carbocycles. The summed E-state index contributed by atoms with van der Waals surface area (Å²) in [5.41, 5.74) is 3.72. The molecular weight excluding hydrogens is 388 g/mol. The second-order valence-corrected chi connectivity index (χ2v) is 10.2. The van der Waals surface area contributed by atoms with Gasteiger partial charge in [-0.3, -0.25) is 14.9 Å². The van der Waals surface area contributed by atoms with Gasteiger partial charge in [0.15, 0.2) is 9.84 Å². The molecule has 2 aliphatic heterocycles. The molecule has 1 unspecified atom stereocenters. The van der Waals surface area contributed by atoms with E-state index in [4.69, 9.17) is 4.74 Å². The Labute approximate surface area is 173 Å². The molecule has 29 heavy (non-hydrogen) atoms. The Hall–Kier alpha value is -1.74. The summed E-state index contributed by atoms with van der Waals surface area (Å²) in [6, 6.07) is 7.28. The van der Waals surface area contributed by atoms with Crippen LogP contribution in [0, 0.1) is 0 Å². The average Bonchev–Trinajstić information content (AvgIpc) is 3.17. The third-order valence-corrected chi connectivity index (χ3v) is 7.05. The van der Waals surface area contributed by atoms with Gasteiger partial charge in [0, 0.05) is 56.2 Å². The van der Waals surface area contributed by atoms with E-state index in [0.717, 1.165) is 64.5 Å². The van der Waals surface area contributed by atoms with Crippen LogP contribution in [0.3, 0.4) is 0 Å². The number of H-pyrrole nitrogens is 1. The summed E-state index contributed by atoms with van der Waals surface area (Å²) in [5, 5.41) is 7.62. The Morgan fingerprint density at radius 1 is 1.10 bits per heavy atom. The lowest BCUT2D eigenvalue weighted by Crippen LogP contribution is -2.37. The first-order chi connectivity index (χ1) is 14.0. The number of aromatic nitrogens is 2. The topological polar surface area (TPSA) is 78.5 Å². The lowest BCUT2D eigenvalue weighted by atomic mass is 9.92. The van der Waals surface area contributed by atoms with E-state index < -0.39 is 9.84 Å². The predicted octanol–water partition coefficient (Wildman–Crippen LogP) is 2.03. The van der Waals surface area contributed by atoms with Crippen molar-refractivity contribution in [1.29, 1.82) is 0 Å². The third-order valence-electron chi connectivity index (χ3n) is 5.92. The molecule has 0 bridgehead atoms. The smallest absolute Gasteiger partial charge is 0.175 e. The molecule has 0 radical (unpaired) electrons.